The van der Waals surface area contributed by atoms with Gasteiger partial charge in [0.1, 0.15) is 12.4 Å². The van der Waals surface area contributed by atoms with Crippen molar-refractivity contribution in [3.8, 4) is 17.0 Å². The highest BCUT2D eigenvalue weighted by Crippen LogP contribution is 2.24. The molecule has 1 aliphatic heterocycles. The first-order chi connectivity index (χ1) is 16.2. The van der Waals surface area contributed by atoms with E-state index >= 15 is 0 Å². The predicted octanol–water partition coefficient (Wildman–Crippen LogP) is 4.04. The van der Waals surface area contributed by atoms with Crippen LogP contribution >= 0.6 is 0 Å². The van der Waals surface area contributed by atoms with Gasteiger partial charge in [-0.1, -0.05) is 30.3 Å². The smallest absolute Gasteiger partial charge is 0.406 e. The summed E-state index contributed by atoms with van der Waals surface area (Å²) in [5.74, 6) is -1.03. The van der Waals surface area contributed by atoms with E-state index in [-0.39, 0.29) is 16.9 Å². The molecular weight excluding hydrogens is 454 g/mol. The zero-order valence-electron chi connectivity index (χ0n) is 18.3. The number of hydrogen-bond donors (Lipinski definition) is 2. The van der Waals surface area contributed by atoms with Crippen LogP contribution in [0.15, 0.2) is 53.5 Å². The third-order valence-corrected chi connectivity index (χ3v) is 5.85. The Morgan fingerprint density at radius 2 is 1.74 bits per heavy atom. The normalized spacial score (nSPS) is 15.1. The largest absolute Gasteiger partial charge is 0.493 e. The van der Waals surface area contributed by atoms with Gasteiger partial charge in [0, 0.05) is 31.4 Å². The number of aromatic nitrogens is 2. The molecular formula is C24H25F4N3O3. The van der Waals surface area contributed by atoms with Crippen molar-refractivity contribution in [3.63, 3.8) is 0 Å². The van der Waals surface area contributed by atoms with E-state index in [0.29, 0.717) is 36.9 Å². The average molecular weight is 479 g/mol. The average Bonchev–Trinajstić information content (AvgIpc) is 3.06. The van der Waals surface area contributed by atoms with Gasteiger partial charge in [-0.15, -0.1) is 0 Å². The van der Waals surface area contributed by atoms with Gasteiger partial charge in [0.25, 0.3) is 0 Å². The van der Waals surface area contributed by atoms with E-state index in [1.165, 1.54) is 6.07 Å². The predicted molar refractivity (Wildman–Crippen MR) is 118 cm³/mol. The maximum absolute atomic E-state index is 14.3. The van der Waals surface area contributed by atoms with Gasteiger partial charge in [-0.25, -0.2) is 9.18 Å². The Bertz CT molecular complexity index is 1180. The van der Waals surface area contributed by atoms with Crippen LogP contribution in [0, 0.1) is 5.82 Å². The van der Waals surface area contributed by atoms with Crippen LogP contribution in [0.25, 0.3) is 11.1 Å². The number of imidazole rings is 1. The van der Waals surface area contributed by atoms with Gasteiger partial charge in [-0.05, 0) is 41.7 Å². The molecule has 182 valence electrons. The Morgan fingerprint density at radius 1 is 1.06 bits per heavy atom. The molecule has 2 N–H and O–H groups in total. The molecule has 2 heterocycles. The first-order valence-corrected chi connectivity index (χ1v) is 10.9. The van der Waals surface area contributed by atoms with Gasteiger partial charge in [-0.3, -0.25) is 9.13 Å². The standard InChI is InChI=1S/C24H25F4N3O3/c25-21-6-5-18(11-19(21)12-29-20-7-9-34-10-8-20)17-3-1-16(2-4-17)13-30-14-22(32)31(23(30)33)15-24(26,27)28/h1-6,11,14,20,29,32H,7-10,12-13,15H2. The van der Waals surface area contributed by atoms with Crippen molar-refractivity contribution < 1.29 is 27.4 Å². The molecule has 0 unspecified atom stereocenters. The first kappa shape index (κ1) is 24.0. The Balaban J connectivity index is 1.46. The minimum Gasteiger partial charge on any atom is -0.493 e. The van der Waals surface area contributed by atoms with Gasteiger partial charge in [0.05, 0.1) is 12.7 Å². The number of benzene rings is 2. The Kier molecular flexibility index (Phi) is 7.08. The van der Waals surface area contributed by atoms with Crippen LogP contribution in [0.5, 0.6) is 5.88 Å². The number of rotatable bonds is 7. The van der Waals surface area contributed by atoms with Gasteiger partial charge >= 0.3 is 11.9 Å². The quantitative estimate of drug-likeness (QED) is 0.502. The zero-order chi connectivity index (χ0) is 24.3. The molecule has 34 heavy (non-hydrogen) atoms. The van der Waals surface area contributed by atoms with Crippen LogP contribution in [0.1, 0.15) is 24.0 Å². The Morgan fingerprint density at radius 3 is 2.41 bits per heavy atom. The van der Waals surface area contributed by atoms with Crippen molar-refractivity contribution >= 4 is 0 Å². The maximum Gasteiger partial charge on any atom is 0.406 e. The topological polar surface area (TPSA) is 68.4 Å². The molecule has 1 saturated heterocycles. The van der Waals surface area contributed by atoms with Crippen LogP contribution in [0.3, 0.4) is 0 Å². The third-order valence-electron chi connectivity index (χ3n) is 5.85. The second kappa shape index (κ2) is 10.0. The minimum absolute atomic E-state index is 0.00121. The molecule has 10 heteroatoms. The van der Waals surface area contributed by atoms with Crippen molar-refractivity contribution in [1.29, 1.82) is 0 Å². The van der Waals surface area contributed by atoms with Gasteiger partial charge in [0.2, 0.25) is 5.88 Å². The Hall–Kier alpha value is -3.11. The summed E-state index contributed by atoms with van der Waals surface area (Å²) in [5.41, 5.74) is 1.93. The van der Waals surface area contributed by atoms with Crippen molar-refractivity contribution in [3.05, 3.63) is 76.1 Å². The number of halogens is 4. The number of nitrogens with one attached hydrogen (secondary N) is 1. The Labute approximate surface area is 193 Å². The molecule has 4 rings (SSSR count). The molecule has 0 bridgehead atoms. The minimum atomic E-state index is -4.62. The fourth-order valence-electron chi connectivity index (χ4n) is 4.00. The number of aromatic hydroxyl groups is 1. The molecule has 1 aromatic heterocycles. The van der Waals surface area contributed by atoms with E-state index in [4.69, 9.17) is 4.74 Å². The summed E-state index contributed by atoms with van der Waals surface area (Å²) in [4.78, 5) is 12.2. The van der Waals surface area contributed by atoms with Gasteiger partial charge in [-0.2, -0.15) is 13.2 Å². The number of hydrogen-bond acceptors (Lipinski definition) is 4. The second-order valence-corrected chi connectivity index (χ2v) is 8.37. The third kappa shape index (κ3) is 5.87. The van der Waals surface area contributed by atoms with E-state index in [0.717, 1.165) is 34.7 Å². The lowest BCUT2D eigenvalue weighted by Gasteiger charge is -2.23. The van der Waals surface area contributed by atoms with E-state index in [1.807, 2.05) is 0 Å². The van der Waals surface area contributed by atoms with Gasteiger partial charge < -0.3 is 15.2 Å². The molecule has 0 saturated carbocycles. The molecule has 0 atom stereocenters. The van der Waals surface area contributed by atoms with E-state index in [1.54, 1.807) is 36.4 Å². The van der Waals surface area contributed by atoms with Crippen molar-refractivity contribution in [1.82, 2.24) is 14.5 Å². The van der Waals surface area contributed by atoms with Crippen LogP contribution in [0.4, 0.5) is 17.6 Å². The molecule has 6 nitrogen and oxygen atoms in total. The second-order valence-electron chi connectivity index (χ2n) is 8.37. The summed E-state index contributed by atoms with van der Waals surface area (Å²) >= 11 is 0. The molecule has 0 spiro atoms. The lowest BCUT2D eigenvalue weighted by atomic mass is 10.0. The van der Waals surface area contributed by atoms with Crippen molar-refractivity contribution in [2.45, 2.75) is 44.7 Å². The van der Waals surface area contributed by atoms with E-state index in [2.05, 4.69) is 5.32 Å². The molecule has 1 aliphatic rings. The van der Waals surface area contributed by atoms with Crippen LogP contribution in [-0.2, 0) is 24.4 Å². The molecule has 3 aromatic rings. The lowest BCUT2D eigenvalue weighted by molar-refractivity contribution is -0.142. The maximum atomic E-state index is 14.3. The van der Waals surface area contributed by atoms with E-state index in [9.17, 15) is 27.5 Å². The van der Waals surface area contributed by atoms with Crippen LogP contribution in [0.2, 0.25) is 0 Å². The number of alkyl halides is 3. The summed E-state index contributed by atoms with van der Waals surface area (Å²) in [5, 5.41) is 13.1. The number of nitrogens with zero attached hydrogens (tertiary/aromatic N) is 2. The molecule has 2 aromatic carbocycles. The van der Waals surface area contributed by atoms with Crippen molar-refractivity contribution in [2.24, 2.45) is 0 Å². The summed E-state index contributed by atoms with van der Waals surface area (Å²) in [7, 11) is 0. The molecule has 0 amide bonds. The highest BCUT2D eigenvalue weighted by Gasteiger charge is 2.30. The summed E-state index contributed by atoms with van der Waals surface area (Å²) in [6.45, 7) is 0.252. The summed E-state index contributed by atoms with van der Waals surface area (Å²) in [6, 6.07) is 12.3. The lowest BCUT2D eigenvalue weighted by Crippen LogP contribution is -2.34. The number of ether oxygens (including phenoxy) is 1. The fraction of sp³-hybridized carbons (Fsp3) is 0.375. The molecule has 0 aliphatic carbocycles. The van der Waals surface area contributed by atoms with Crippen LogP contribution in [-0.4, -0.2) is 39.7 Å². The van der Waals surface area contributed by atoms with E-state index < -0.39 is 24.3 Å². The van der Waals surface area contributed by atoms with Crippen molar-refractivity contribution in [2.75, 3.05) is 13.2 Å². The fourth-order valence-corrected chi connectivity index (χ4v) is 4.00. The zero-order valence-corrected chi connectivity index (χ0v) is 18.3. The summed E-state index contributed by atoms with van der Waals surface area (Å²) < 4.78 is 58.9. The highest BCUT2D eigenvalue weighted by atomic mass is 19.4. The summed E-state index contributed by atoms with van der Waals surface area (Å²) in [6.07, 6.45) is -1.85. The highest BCUT2D eigenvalue weighted by molar-refractivity contribution is 5.64. The SMILES string of the molecule is O=c1n(Cc2ccc(-c3ccc(F)c(CNC4CCOCC4)c3)cc2)cc(O)n1CC(F)(F)F. The first-order valence-electron chi connectivity index (χ1n) is 10.9. The monoisotopic (exact) mass is 479 g/mol. The van der Waals surface area contributed by atoms with Gasteiger partial charge in [0.15, 0.2) is 0 Å². The molecule has 1 fully saturated rings. The van der Waals surface area contributed by atoms with Crippen LogP contribution < -0.4 is 11.0 Å². The molecule has 0 radical (unpaired) electrons.